The van der Waals surface area contributed by atoms with Crippen molar-refractivity contribution >= 4 is 63.0 Å². The molecule has 0 radical (unpaired) electrons. The molecule has 1 N–H and O–H groups in total. The van der Waals surface area contributed by atoms with Gasteiger partial charge in [-0.25, -0.2) is 4.98 Å². The highest BCUT2D eigenvalue weighted by Gasteiger charge is 2.20. The lowest BCUT2D eigenvalue weighted by Crippen LogP contribution is -2.53. The fourth-order valence-corrected chi connectivity index (χ4v) is 4.29. The Balaban J connectivity index is 0.00000225. The van der Waals surface area contributed by atoms with E-state index < -0.39 is 0 Å². The van der Waals surface area contributed by atoms with E-state index in [0.717, 1.165) is 50.9 Å². The summed E-state index contributed by atoms with van der Waals surface area (Å²) in [5, 5.41) is 3.48. The van der Waals surface area contributed by atoms with Gasteiger partial charge in [-0.05, 0) is 46.6 Å². The molecule has 0 amide bonds. The highest BCUT2D eigenvalue weighted by Crippen LogP contribution is 2.22. The van der Waals surface area contributed by atoms with Crippen LogP contribution in [0.1, 0.15) is 4.88 Å². The molecule has 0 aliphatic carbocycles. The highest BCUT2D eigenvalue weighted by atomic mass is 127. The molecule has 136 valence electrons. The first-order chi connectivity index (χ1) is 11.8. The molecular formula is C17H23BrIN5S. The van der Waals surface area contributed by atoms with Crippen molar-refractivity contribution in [2.45, 2.75) is 6.42 Å². The zero-order chi connectivity index (χ0) is 16.8. The van der Waals surface area contributed by atoms with Gasteiger partial charge < -0.3 is 15.1 Å². The van der Waals surface area contributed by atoms with Crippen molar-refractivity contribution in [1.82, 2.24) is 15.2 Å². The number of nitrogens with one attached hydrogen (secondary N) is 1. The fraction of sp³-hybridized carbons (Fsp3) is 0.412. The van der Waals surface area contributed by atoms with Crippen LogP contribution in [-0.4, -0.2) is 55.6 Å². The fourth-order valence-electron chi connectivity index (χ4n) is 2.80. The second-order valence-electron chi connectivity index (χ2n) is 5.59. The molecular weight excluding hydrogens is 513 g/mol. The normalized spacial score (nSPS) is 15.0. The molecule has 3 rings (SSSR count). The van der Waals surface area contributed by atoms with E-state index in [2.05, 4.69) is 59.2 Å². The van der Waals surface area contributed by atoms with E-state index in [1.165, 1.54) is 8.66 Å². The van der Waals surface area contributed by atoms with E-state index in [4.69, 9.17) is 0 Å². The van der Waals surface area contributed by atoms with E-state index in [-0.39, 0.29) is 24.0 Å². The van der Waals surface area contributed by atoms with Gasteiger partial charge in [0, 0.05) is 50.8 Å². The van der Waals surface area contributed by atoms with E-state index >= 15 is 0 Å². The molecule has 5 nitrogen and oxygen atoms in total. The predicted octanol–water partition coefficient (Wildman–Crippen LogP) is 3.46. The molecule has 0 spiro atoms. The Labute approximate surface area is 178 Å². The summed E-state index contributed by atoms with van der Waals surface area (Å²) >= 11 is 5.30. The molecule has 25 heavy (non-hydrogen) atoms. The highest BCUT2D eigenvalue weighted by molar-refractivity contribution is 14.0. The zero-order valence-corrected chi connectivity index (χ0v) is 18.9. The lowest BCUT2D eigenvalue weighted by molar-refractivity contribution is 0.372. The molecule has 1 saturated heterocycles. The molecule has 1 aliphatic rings. The van der Waals surface area contributed by atoms with Crippen molar-refractivity contribution in [3.63, 3.8) is 0 Å². The van der Waals surface area contributed by atoms with Crippen molar-refractivity contribution in [2.24, 2.45) is 4.99 Å². The molecule has 1 aliphatic heterocycles. The number of hydrogen-bond acceptors (Lipinski definition) is 4. The molecule has 1 fully saturated rings. The van der Waals surface area contributed by atoms with Crippen molar-refractivity contribution < 1.29 is 0 Å². The summed E-state index contributed by atoms with van der Waals surface area (Å²) in [6.07, 6.45) is 2.87. The number of nitrogens with zero attached hydrogens (tertiary/aromatic N) is 4. The van der Waals surface area contributed by atoms with Crippen LogP contribution in [0.4, 0.5) is 5.82 Å². The maximum absolute atomic E-state index is 4.44. The van der Waals surface area contributed by atoms with Gasteiger partial charge in [-0.2, -0.15) is 0 Å². The van der Waals surface area contributed by atoms with Crippen LogP contribution in [-0.2, 0) is 6.42 Å². The maximum atomic E-state index is 4.44. The molecule has 0 unspecified atom stereocenters. The number of aromatic nitrogens is 1. The van der Waals surface area contributed by atoms with Crippen LogP contribution in [0, 0.1) is 0 Å². The second-order valence-corrected chi connectivity index (χ2v) is 8.14. The quantitative estimate of drug-likeness (QED) is 0.370. The number of pyridine rings is 1. The topological polar surface area (TPSA) is 43.8 Å². The smallest absolute Gasteiger partial charge is 0.193 e. The van der Waals surface area contributed by atoms with Gasteiger partial charge >= 0.3 is 0 Å². The second kappa shape index (κ2) is 10.3. The lowest BCUT2D eigenvalue weighted by Gasteiger charge is -2.37. The average molecular weight is 536 g/mol. The van der Waals surface area contributed by atoms with E-state index in [0.29, 0.717) is 0 Å². The van der Waals surface area contributed by atoms with Gasteiger partial charge in [0.15, 0.2) is 5.96 Å². The number of piperazine rings is 1. The van der Waals surface area contributed by atoms with Crippen LogP contribution in [0.3, 0.4) is 0 Å². The summed E-state index contributed by atoms with van der Waals surface area (Å²) in [6.45, 7) is 4.76. The first kappa shape index (κ1) is 20.4. The summed E-state index contributed by atoms with van der Waals surface area (Å²) < 4.78 is 1.19. The largest absolute Gasteiger partial charge is 0.356 e. The molecule has 0 atom stereocenters. The summed E-state index contributed by atoms with van der Waals surface area (Å²) in [7, 11) is 1.86. The minimum Gasteiger partial charge on any atom is -0.356 e. The third-order valence-corrected chi connectivity index (χ3v) is 5.73. The van der Waals surface area contributed by atoms with Crippen molar-refractivity contribution in [3.8, 4) is 0 Å². The van der Waals surface area contributed by atoms with Gasteiger partial charge in [0.05, 0.1) is 3.79 Å². The Morgan fingerprint density at radius 3 is 2.64 bits per heavy atom. The molecule has 2 aromatic heterocycles. The van der Waals surface area contributed by atoms with Gasteiger partial charge in [-0.15, -0.1) is 35.3 Å². The van der Waals surface area contributed by atoms with Crippen LogP contribution in [0.2, 0.25) is 0 Å². The van der Waals surface area contributed by atoms with Gasteiger partial charge in [0.1, 0.15) is 5.82 Å². The number of hydrogen-bond donors (Lipinski definition) is 1. The minimum absolute atomic E-state index is 0. The van der Waals surface area contributed by atoms with Gasteiger partial charge in [0.2, 0.25) is 0 Å². The van der Waals surface area contributed by atoms with E-state index in [1.54, 1.807) is 11.3 Å². The number of aliphatic imine (C=N–C) groups is 1. The molecule has 0 saturated carbocycles. The van der Waals surface area contributed by atoms with Crippen LogP contribution >= 0.6 is 51.2 Å². The molecule has 0 aromatic carbocycles. The molecule has 2 aromatic rings. The number of thiophene rings is 1. The monoisotopic (exact) mass is 535 g/mol. The molecule has 8 heteroatoms. The maximum Gasteiger partial charge on any atom is 0.193 e. The molecule has 0 bridgehead atoms. The van der Waals surface area contributed by atoms with Gasteiger partial charge in [0.25, 0.3) is 0 Å². The van der Waals surface area contributed by atoms with E-state index in [1.807, 2.05) is 25.4 Å². The SMILES string of the molecule is CN=C(NCCc1ccc(Br)s1)N1CCN(c2ccccn2)CC1.I. The summed E-state index contributed by atoms with van der Waals surface area (Å²) in [5.74, 6) is 2.05. The number of halogens is 2. The van der Waals surface area contributed by atoms with Crippen molar-refractivity contribution in [2.75, 3.05) is 44.7 Å². The Morgan fingerprint density at radius 1 is 1.24 bits per heavy atom. The van der Waals surface area contributed by atoms with Crippen LogP contribution in [0.15, 0.2) is 45.3 Å². The standard InChI is InChI=1S/C17H22BrN5S.HI/c1-19-17(21-9-7-14-5-6-15(18)24-14)23-12-10-22(11-13-23)16-4-2-3-8-20-16;/h2-6,8H,7,9-13H2,1H3,(H,19,21);1H. The van der Waals surface area contributed by atoms with E-state index in [9.17, 15) is 0 Å². The van der Waals surface area contributed by atoms with Crippen LogP contribution in [0.5, 0.6) is 0 Å². The summed E-state index contributed by atoms with van der Waals surface area (Å²) in [5.41, 5.74) is 0. The van der Waals surface area contributed by atoms with Crippen LogP contribution in [0.25, 0.3) is 0 Å². The minimum atomic E-state index is 0. The van der Waals surface area contributed by atoms with Crippen molar-refractivity contribution in [1.29, 1.82) is 0 Å². The number of guanidine groups is 1. The third-order valence-electron chi connectivity index (χ3n) is 4.05. The molecule has 3 heterocycles. The Morgan fingerprint density at radius 2 is 2.04 bits per heavy atom. The summed E-state index contributed by atoms with van der Waals surface area (Å²) in [4.78, 5) is 14.9. The van der Waals surface area contributed by atoms with Gasteiger partial charge in [-0.3, -0.25) is 4.99 Å². The first-order valence-electron chi connectivity index (χ1n) is 8.12. The summed E-state index contributed by atoms with van der Waals surface area (Å²) in [6, 6.07) is 10.3. The first-order valence-corrected chi connectivity index (χ1v) is 9.73. The average Bonchev–Trinajstić information content (AvgIpc) is 3.05. The Bertz CT molecular complexity index is 671. The Kier molecular flexibility index (Phi) is 8.44. The van der Waals surface area contributed by atoms with Gasteiger partial charge in [-0.1, -0.05) is 6.07 Å². The number of anilines is 1. The number of rotatable bonds is 4. The zero-order valence-electron chi connectivity index (χ0n) is 14.2. The van der Waals surface area contributed by atoms with Crippen LogP contribution < -0.4 is 10.2 Å². The lowest BCUT2D eigenvalue weighted by atomic mass is 10.3. The third kappa shape index (κ3) is 5.82. The predicted molar refractivity (Wildman–Crippen MR) is 121 cm³/mol. The van der Waals surface area contributed by atoms with Crippen molar-refractivity contribution in [3.05, 3.63) is 45.2 Å². The Hall–Kier alpha value is -0.870.